The molecule has 0 heterocycles. The Balaban J connectivity index is 1.41. The number of hydrogen-bond donors (Lipinski definition) is 0. The van der Waals surface area contributed by atoms with Gasteiger partial charge in [0.25, 0.3) is 6.69 Å². The van der Waals surface area contributed by atoms with E-state index in [1.165, 1.54) is 77.0 Å². The first-order valence-corrected chi connectivity index (χ1v) is 14.4. The zero-order chi connectivity index (χ0) is 15.4. The average molecular weight is 369 g/mol. The van der Waals surface area contributed by atoms with Gasteiger partial charge in [-0.2, -0.15) is 0 Å². The Morgan fingerprint density at radius 2 is 0.696 bits per heavy atom. The van der Waals surface area contributed by atoms with Crippen LogP contribution in [0.2, 0.25) is 10.1 Å². The summed E-state index contributed by atoms with van der Waals surface area (Å²) in [5, 5.41) is 0.826. The Labute approximate surface area is 151 Å². The van der Waals surface area contributed by atoms with Crippen molar-refractivity contribution in [1.29, 1.82) is 0 Å². The lowest BCUT2D eigenvalue weighted by Crippen LogP contribution is -2.61. The molecule has 0 aromatic carbocycles. The zero-order valence-electron chi connectivity index (χ0n) is 14.2. The molecule has 0 spiro atoms. The summed E-state index contributed by atoms with van der Waals surface area (Å²) in [6.07, 6.45) is 17.6. The molecule has 0 aliphatic heterocycles. The van der Waals surface area contributed by atoms with Crippen molar-refractivity contribution in [2.45, 2.75) is 87.1 Å². The summed E-state index contributed by atoms with van der Waals surface area (Å²) >= 11 is 15.4. The fraction of sp³-hybridized carbons (Fsp3) is 1.00. The molecular weight excluding hydrogens is 339 g/mol. The minimum atomic E-state index is -2.26. The summed E-state index contributed by atoms with van der Waals surface area (Å²) in [6, 6.07) is 0. The first-order chi connectivity index (χ1) is 11.0. The second-order valence-corrected chi connectivity index (χ2v) is 18.2. The van der Waals surface area contributed by atoms with Gasteiger partial charge in [0.1, 0.15) is 0 Å². The van der Waals surface area contributed by atoms with Gasteiger partial charge in [-0.15, -0.1) is 22.2 Å². The van der Waals surface area contributed by atoms with Gasteiger partial charge in [0.05, 0.1) is 0 Å². The average Bonchev–Trinajstić information content (AvgIpc) is 2.44. The third-order valence-corrected chi connectivity index (χ3v) is 18.1. The topological polar surface area (TPSA) is 0 Å². The molecule has 8 bridgehead atoms. The molecule has 0 aromatic rings. The van der Waals surface area contributed by atoms with Crippen LogP contribution < -0.4 is 0 Å². The predicted octanol–water partition coefficient (Wildman–Crippen LogP) is 6.85. The molecule has 8 saturated carbocycles. The predicted molar refractivity (Wildman–Crippen MR) is 99.2 cm³/mol. The van der Waals surface area contributed by atoms with Crippen LogP contribution in [0.5, 0.6) is 0 Å². The third-order valence-electron chi connectivity index (χ3n) is 9.41. The molecule has 8 aliphatic carbocycles. The number of hydrogen-bond acceptors (Lipinski definition) is 0. The maximum Gasteiger partial charge on any atom is 0.263 e. The van der Waals surface area contributed by atoms with E-state index in [-0.39, 0.29) is 0 Å². The van der Waals surface area contributed by atoms with E-state index in [2.05, 4.69) is 0 Å². The molecule has 8 fully saturated rings. The number of rotatable bonds is 2. The fourth-order valence-electron chi connectivity index (χ4n) is 9.55. The molecule has 23 heavy (non-hydrogen) atoms. The molecule has 8 aliphatic rings. The molecule has 0 atom stereocenters. The van der Waals surface area contributed by atoms with Crippen LogP contribution in [0, 0.1) is 35.5 Å². The highest BCUT2D eigenvalue weighted by Crippen LogP contribution is 2.79. The molecule has 8 rings (SSSR count). The molecule has 0 radical (unpaired) electrons. The van der Waals surface area contributed by atoms with E-state index in [0.717, 1.165) is 35.5 Å². The second kappa shape index (κ2) is 4.55. The van der Waals surface area contributed by atoms with Gasteiger partial charge in [-0.25, -0.2) is 0 Å². The highest BCUT2D eigenvalue weighted by Gasteiger charge is 2.71. The van der Waals surface area contributed by atoms with Crippen molar-refractivity contribution in [2.75, 3.05) is 0 Å². The van der Waals surface area contributed by atoms with Gasteiger partial charge in [0, 0.05) is 0 Å². The van der Waals surface area contributed by atoms with E-state index in [9.17, 15) is 0 Å². The largest absolute Gasteiger partial charge is 0.263 e. The van der Waals surface area contributed by atoms with Gasteiger partial charge in [-0.3, -0.25) is 0 Å². The summed E-state index contributed by atoms with van der Waals surface area (Å²) in [6.45, 7) is -2.26. The fourth-order valence-corrected chi connectivity index (χ4v) is 16.7. The molecular formula is C20H30Cl2Si. The monoisotopic (exact) mass is 368 g/mol. The van der Waals surface area contributed by atoms with E-state index >= 15 is 0 Å². The van der Waals surface area contributed by atoms with Crippen LogP contribution in [0.4, 0.5) is 0 Å². The van der Waals surface area contributed by atoms with Crippen LogP contribution in [0.25, 0.3) is 0 Å². The second-order valence-electron chi connectivity index (χ2n) is 11.0. The first kappa shape index (κ1) is 14.9. The smallest absolute Gasteiger partial charge is 0.145 e. The Hall–Kier alpha value is 0.797. The van der Waals surface area contributed by atoms with Crippen molar-refractivity contribution in [2.24, 2.45) is 35.5 Å². The summed E-state index contributed by atoms with van der Waals surface area (Å²) < 4.78 is 0. The third kappa shape index (κ3) is 1.86. The highest BCUT2D eigenvalue weighted by molar-refractivity contribution is 7.47. The lowest BCUT2D eigenvalue weighted by atomic mass is 9.55. The van der Waals surface area contributed by atoms with E-state index in [1.807, 2.05) is 0 Å². The van der Waals surface area contributed by atoms with Gasteiger partial charge >= 0.3 is 0 Å². The molecule has 0 nitrogen and oxygen atoms in total. The Kier molecular flexibility index (Phi) is 2.95. The Bertz CT molecular complexity index is 423. The van der Waals surface area contributed by atoms with E-state index in [0.29, 0.717) is 10.1 Å². The molecule has 0 N–H and O–H groups in total. The summed E-state index contributed by atoms with van der Waals surface area (Å²) in [7, 11) is 0. The van der Waals surface area contributed by atoms with Crippen LogP contribution in [-0.4, -0.2) is 6.69 Å². The van der Waals surface area contributed by atoms with Crippen molar-refractivity contribution in [3.05, 3.63) is 0 Å². The van der Waals surface area contributed by atoms with Crippen molar-refractivity contribution in [1.82, 2.24) is 0 Å². The molecule has 0 aromatic heterocycles. The van der Waals surface area contributed by atoms with Crippen LogP contribution in [0.3, 0.4) is 0 Å². The molecule has 0 amide bonds. The zero-order valence-corrected chi connectivity index (χ0v) is 16.7. The molecule has 3 heteroatoms. The van der Waals surface area contributed by atoms with Gasteiger partial charge in [-0.1, -0.05) is 0 Å². The van der Waals surface area contributed by atoms with Crippen LogP contribution in [0.1, 0.15) is 77.0 Å². The van der Waals surface area contributed by atoms with Gasteiger partial charge in [0.15, 0.2) is 0 Å². The van der Waals surface area contributed by atoms with Crippen LogP contribution >= 0.6 is 22.2 Å². The standard InChI is InChI=1S/C20H30Cl2Si/c21-23(22,19-7-13-1-14(8-19)3-15(2-13)9-19)20-10-16-4-17(11-20)6-18(5-16)12-20/h13-18H,1-12H2. The van der Waals surface area contributed by atoms with Gasteiger partial charge < -0.3 is 0 Å². The van der Waals surface area contributed by atoms with E-state index in [4.69, 9.17) is 22.2 Å². The van der Waals surface area contributed by atoms with Crippen molar-refractivity contribution in [3.8, 4) is 0 Å². The Morgan fingerprint density at radius 1 is 0.478 bits per heavy atom. The van der Waals surface area contributed by atoms with Gasteiger partial charge in [0.2, 0.25) is 0 Å². The first-order valence-electron chi connectivity index (χ1n) is 10.3. The van der Waals surface area contributed by atoms with Crippen molar-refractivity contribution < 1.29 is 0 Å². The minimum absolute atomic E-state index is 0.413. The Morgan fingerprint density at radius 3 is 0.913 bits per heavy atom. The SMILES string of the molecule is Cl[Si](Cl)(C12CC3CC(CC(C3)C1)C2)C12CC3CC(CC(C3)C1)C2. The summed E-state index contributed by atoms with van der Waals surface area (Å²) in [5.74, 6) is 5.91. The molecule has 128 valence electrons. The lowest BCUT2D eigenvalue weighted by molar-refractivity contribution is 0.00531. The maximum absolute atomic E-state index is 7.68. The normalized spacial score (nSPS) is 59.7. The summed E-state index contributed by atoms with van der Waals surface area (Å²) in [5.41, 5.74) is 0. The quantitative estimate of drug-likeness (QED) is 0.369. The highest BCUT2D eigenvalue weighted by atomic mass is 35.7. The van der Waals surface area contributed by atoms with E-state index < -0.39 is 6.69 Å². The lowest BCUT2D eigenvalue weighted by Gasteiger charge is -2.67. The van der Waals surface area contributed by atoms with Crippen LogP contribution in [-0.2, 0) is 0 Å². The summed E-state index contributed by atoms with van der Waals surface area (Å²) in [4.78, 5) is 0. The number of halogens is 2. The maximum atomic E-state index is 7.68. The van der Waals surface area contributed by atoms with E-state index in [1.54, 1.807) is 0 Å². The van der Waals surface area contributed by atoms with Crippen LogP contribution in [0.15, 0.2) is 0 Å². The van der Waals surface area contributed by atoms with Crippen molar-refractivity contribution in [3.63, 3.8) is 0 Å². The molecule has 0 unspecified atom stereocenters. The minimum Gasteiger partial charge on any atom is -0.145 e. The molecule has 0 saturated heterocycles. The van der Waals surface area contributed by atoms with Crippen molar-refractivity contribution >= 4 is 28.9 Å². The van der Waals surface area contributed by atoms with Gasteiger partial charge in [-0.05, 0) is 123 Å².